The van der Waals surface area contributed by atoms with E-state index < -0.39 is 0 Å². The van der Waals surface area contributed by atoms with Gasteiger partial charge < -0.3 is 21.1 Å². The van der Waals surface area contributed by atoms with Crippen LogP contribution in [0.3, 0.4) is 0 Å². The molecule has 2 fully saturated rings. The molecular formula is C20H24Br3N4NaO4. The number of aromatic nitrogens is 2. The second-order valence-electron chi connectivity index (χ2n) is 6.43. The second-order valence-corrected chi connectivity index (χ2v) is 8.82. The van der Waals surface area contributed by atoms with E-state index in [0.717, 1.165) is 19.8 Å². The molecule has 0 atom stereocenters. The molecule has 0 radical (unpaired) electrons. The fraction of sp³-hybridized carbons (Fsp3) is 0.400. The number of halogens is 3. The fourth-order valence-corrected chi connectivity index (χ4v) is 3.62. The molecule has 2 aliphatic heterocycles. The Bertz CT molecular complexity index is 862. The molecule has 4 rings (SSSR count). The number of morpholine rings is 2. The average Bonchev–Trinajstić information content (AvgIpc) is 2.77. The third-order valence-corrected chi connectivity index (χ3v) is 5.45. The summed E-state index contributed by atoms with van der Waals surface area (Å²) in [6, 6.07) is 4.00. The maximum Gasteiger partial charge on any atom is 1.00 e. The van der Waals surface area contributed by atoms with E-state index in [4.69, 9.17) is 9.47 Å². The first-order valence-corrected chi connectivity index (χ1v) is 12.1. The van der Waals surface area contributed by atoms with Gasteiger partial charge in [0.2, 0.25) is 11.8 Å². The molecule has 8 nitrogen and oxygen atoms in total. The zero-order chi connectivity index (χ0) is 22.5. The number of carbonyl (C=O) groups is 2. The zero-order valence-electron chi connectivity index (χ0n) is 18.7. The summed E-state index contributed by atoms with van der Waals surface area (Å²) in [5.74, 6) is 0.0347. The second kappa shape index (κ2) is 17.1. The summed E-state index contributed by atoms with van der Waals surface area (Å²) >= 11 is 10.0. The third-order valence-electron chi connectivity index (χ3n) is 3.94. The van der Waals surface area contributed by atoms with Crippen LogP contribution in [0.15, 0.2) is 45.9 Å². The topological polar surface area (TPSA) is 93.6 Å². The number of carbonyl (C=O) groups excluding carboxylic acids is 2. The van der Waals surface area contributed by atoms with E-state index in [-0.39, 0.29) is 56.0 Å². The van der Waals surface area contributed by atoms with Gasteiger partial charge in [0, 0.05) is 58.7 Å². The first kappa shape index (κ1) is 29.6. The van der Waals surface area contributed by atoms with Gasteiger partial charge in [-0.2, -0.15) is 0 Å². The van der Waals surface area contributed by atoms with Crippen LogP contribution in [0.1, 0.15) is 12.6 Å². The van der Waals surface area contributed by atoms with Gasteiger partial charge in [-0.15, -0.1) is 0 Å². The number of alkyl halides is 1. The first-order valence-electron chi connectivity index (χ1n) is 9.42. The van der Waals surface area contributed by atoms with Crippen LogP contribution >= 0.6 is 47.8 Å². The standard InChI is InChI=1S/C10H11BrN2O2.C6H5Br2N.C4H7NO2.Na.H/c11-9-3-8(4-12-5-9)6-13-1-2-15-7-10(13)14;7-2-5-1-6(8)4-9-3-5;6-4-3-7-2-1-5-4;;/h3-5H,1-2,6-7H2;1,3-4H,2H2;1-3H2,(H,5,6);;/q;;;+1;-1. The molecule has 2 aliphatic rings. The molecule has 1 N–H and O–H groups in total. The van der Waals surface area contributed by atoms with Crippen LogP contribution in [-0.4, -0.2) is 66.2 Å². The van der Waals surface area contributed by atoms with Crippen molar-refractivity contribution in [3.05, 3.63) is 57.0 Å². The van der Waals surface area contributed by atoms with Gasteiger partial charge in [-0.1, -0.05) is 15.9 Å². The molecule has 0 bridgehead atoms. The predicted molar refractivity (Wildman–Crippen MR) is 128 cm³/mol. The van der Waals surface area contributed by atoms with Crippen LogP contribution in [-0.2, 0) is 30.9 Å². The molecular weight excluding hydrogens is 623 g/mol. The molecule has 2 aromatic heterocycles. The quantitative estimate of drug-likeness (QED) is 0.378. The number of rotatable bonds is 3. The molecule has 0 saturated carbocycles. The summed E-state index contributed by atoms with van der Waals surface area (Å²) in [7, 11) is 0. The maximum absolute atomic E-state index is 11.5. The Morgan fingerprint density at radius 3 is 2.06 bits per heavy atom. The predicted octanol–water partition coefficient (Wildman–Crippen LogP) is 0.191. The Morgan fingerprint density at radius 1 is 0.969 bits per heavy atom. The summed E-state index contributed by atoms with van der Waals surface area (Å²) in [6.07, 6.45) is 7.10. The minimum absolute atomic E-state index is 0. The van der Waals surface area contributed by atoms with Crippen molar-refractivity contribution in [3.63, 3.8) is 0 Å². The number of nitrogens with one attached hydrogen (secondary N) is 1. The number of amides is 2. The minimum Gasteiger partial charge on any atom is -1.00 e. The Morgan fingerprint density at radius 2 is 1.59 bits per heavy atom. The van der Waals surface area contributed by atoms with E-state index in [0.29, 0.717) is 32.8 Å². The van der Waals surface area contributed by atoms with Crippen LogP contribution in [0.2, 0.25) is 0 Å². The normalized spacial score (nSPS) is 15.3. The molecule has 170 valence electrons. The molecule has 4 heterocycles. The maximum atomic E-state index is 11.5. The van der Waals surface area contributed by atoms with Crippen LogP contribution in [0.25, 0.3) is 0 Å². The Kier molecular flexibility index (Phi) is 15.8. The molecule has 0 unspecified atom stereocenters. The van der Waals surface area contributed by atoms with Gasteiger partial charge in [0.1, 0.15) is 13.2 Å². The summed E-state index contributed by atoms with van der Waals surface area (Å²) < 4.78 is 11.8. The molecule has 12 heteroatoms. The summed E-state index contributed by atoms with van der Waals surface area (Å²) in [5.41, 5.74) is 2.21. The summed E-state index contributed by atoms with van der Waals surface area (Å²) in [6.45, 7) is 3.64. The van der Waals surface area contributed by atoms with Gasteiger partial charge in [0.15, 0.2) is 0 Å². The third kappa shape index (κ3) is 12.2. The fourth-order valence-electron chi connectivity index (χ4n) is 2.49. The van der Waals surface area contributed by atoms with Crippen molar-refractivity contribution in [1.82, 2.24) is 20.2 Å². The van der Waals surface area contributed by atoms with Crippen molar-refractivity contribution in [2.75, 3.05) is 39.5 Å². The molecule has 2 amide bonds. The van der Waals surface area contributed by atoms with Gasteiger partial charge in [0.05, 0.1) is 13.2 Å². The molecule has 2 saturated heterocycles. The Balaban J connectivity index is 0.000000491. The number of hydrogen-bond donors (Lipinski definition) is 1. The van der Waals surface area contributed by atoms with Crippen molar-refractivity contribution in [2.24, 2.45) is 0 Å². The van der Waals surface area contributed by atoms with E-state index in [1.807, 2.05) is 18.3 Å². The number of hydrogen-bond acceptors (Lipinski definition) is 6. The van der Waals surface area contributed by atoms with Crippen molar-refractivity contribution in [1.29, 1.82) is 0 Å². The molecule has 0 aromatic carbocycles. The zero-order valence-corrected chi connectivity index (χ0v) is 24.5. The number of pyridine rings is 2. The number of nitrogens with zero attached hydrogens (tertiary/aromatic N) is 3. The van der Waals surface area contributed by atoms with Gasteiger partial charge in [0.25, 0.3) is 0 Å². The largest absolute Gasteiger partial charge is 1.00 e. The van der Waals surface area contributed by atoms with E-state index in [9.17, 15) is 9.59 Å². The van der Waals surface area contributed by atoms with E-state index in [2.05, 4.69) is 63.1 Å². The first-order chi connectivity index (χ1) is 15.0. The SMILES string of the molecule is BrCc1cncc(Br)c1.O=C1COCCN1.O=C1COCCN1Cc1cncc(Br)c1.[H-].[Na+]. The number of ether oxygens (including phenoxy) is 2. The van der Waals surface area contributed by atoms with Crippen LogP contribution in [0, 0.1) is 0 Å². The van der Waals surface area contributed by atoms with Gasteiger partial charge >= 0.3 is 29.6 Å². The smallest absolute Gasteiger partial charge is 1.00 e. The van der Waals surface area contributed by atoms with Crippen molar-refractivity contribution in [3.8, 4) is 0 Å². The van der Waals surface area contributed by atoms with E-state index in [1.165, 1.54) is 5.56 Å². The average molecular weight is 647 g/mol. The van der Waals surface area contributed by atoms with Crippen LogP contribution in [0.5, 0.6) is 0 Å². The Hall–Kier alpha value is -0.400. The molecule has 2 aromatic rings. The molecule has 32 heavy (non-hydrogen) atoms. The molecule has 0 spiro atoms. The van der Waals surface area contributed by atoms with Crippen molar-refractivity contribution < 1.29 is 50.0 Å². The van der Waals surface area contributed by atoms with Crippen molar-refractivity contribution in [2.45, 2.75) is 11.9 Å². The van der Waals surface area contributed by atoms with E-state index >= 15 is 0 Å². The minimum atomic E-state index is -0.00810. The summed E-state index contributed by atoms with van der Waals surface area (Å²) in [4.78, 5) is 31.5. The Labute approximate surface area is 236 Å². The summed E-state index contributed by atoms with van der Waals surface area (Å²) in [5, 5.41) is 3.48. The van der Waals surface area contributed by atoms with Crippen LogP contribution in [0.4, 0.5) is 0 Å². The van der Waals surface area contributed by atoms with Crippen molar-refractivity contribution >= 4 is 59.6 Å². The van der Waals surface area contributed by atoms with Gasteiger partial charge in [-0.05, 0) is 55.1 Å². The van der Waals surface area contributed by atoms with Crippen LogP contribution < -0.4 is 34.9 Å². The monoisotopic (exact) mass is 644 g/mol. The van der Waals surface area contributed by atoms with Gasteiger partial charge in [-0.25, -0.2) is 0 Å². The molecule has 0 aliphatic carbocycles. The van der Waals surface area contributed by atoms with E-state index in [1.54, 1.807) is 23.5 Å². The van der Waals surface area contributed by atoms with Gasteiger partial charge in [-0.3, -0.25) is 19.6 Å².